The number of carbonyl (C=O) groups excluding carboxylic acids is 1. The molecule has 0 aliphatic carbocycles. The van der Waals surface area contributed by atoms with Crippen LogP contribution < -0.4 is 5.32 Å². The SMILES string of the molecule is CC(C)N1CCC(N(C)Cc2nc(C(C)(C)NC(=O)OC(C)(C)C)no2)CC1. The van der Waals surface area contributed by atoms with Gasteiger partial charge in [-0.3, -0.25) is 4.90 Å². The number of nitrogens with one attached hydrogen (secondary N) is 1. The summed E-state index contributed by atoms with van der Waals surface area (Å²) in [6.07, 6.45) is 1.78. The number of likely N-dealkylation sites (tertiary alicyclic amines) is 1. The zero-order valence-electron chi connectivity index (χ0n) is 18.7. The van der Waals surface area contributed by atoms with Crippen LogP contribution in [0.25, 0.3) is 0 Å². The lowest BCUT2D eigenvalue weighted by Gasteiger charge is -2.38. The second-order valence-electron chi connectivity index (χ2n) is 9.54. The summed E-state index contributed by atoms with van der Waals surface area (Å²) in [7, 11) is 2.10. The predicted octanol–water partition coefficient (Wildman–Crippen LogP) is 3.13. The summed E-state index contributed by atoms with van der Waals surface area (Å²) < 4.78 is 10.8. The molecule has 1 N–H and O–H groups in total. The summed E-state index contributed by atoms with van der Waals surface area (Å²) >= 11 is 0. The van der Waals surface area contributed by atoms with Gasteiger partial charge in [-0.25, -0.2) is 4.79 Å². The van der Waals surface area contributed by atoms with Gasteiger partial charge in [0.05, 0.1) is 6.54 Å². The molecule has 1 aromatic heterocycles. The Hall–Kier alpha value is -1.67. The Labute approximate surface area is 169 Å². The molecule has 0 bridgehead atoms. The highest BCUT2D eigenvalue weighted by Gasteiger charge is 2.31. The van der Waals surface area contributed by atoms with Crippen LogP contribution in [0.3, 0.4) is 0 Å². The molecular weight excluding hydrogens is 358 g/mol. The van der Waals surface area contributed by atoms with Crippen LogP contribution in [0.15, 0.2) is 4.52 Å². The Bertz CT molecular complexity index is 643. The molecule has 1 fully saturated rings. The third kappa shape index (κ3) is 6.44. The van der Waals surface area contributed by atoms with Crippen molar-refractivity contribution in [2.45, 2.75) is 91.1 Å². The van der Waals surface area contributed by atoms with Crippen molar-refractivity contribution in [3.63, 3.8) is 0 Å². The molecule has 0 unspecified atom stereocenters. The smallest absolute Gasteiger partial charge is 0.408 e. The largest absolute Gasteiger partial charge is 0.444 e. The lowest BCUT2D eigenvalue weighted by Crippen LogP contribution is -2.45. The van der Waals surface area contributed by atoms with Crippen LogP contribution in [-0.4, -0.2) is 63.9 Å². The van der Waals surface area contributed by atoms with E-state index in [0.717, 1.165) is 25.9 Å². The molecule has 8 heteroatoms. The van der Waals surface area contributed by atoms with E-state index in [-0.39, 0.29) is 0 Å². The van der Waals surface area contributed by atoms with Crippen LogP contribution in [-0.2, 0) is 16.8 Å². The van der Waals surface area contributed by atoms with Gasteiger partial charge < -0.3 is 19.5 Å². The Morgan fingerprint density at radius 2 is 1.89 bits per heavy atom. The lowest BCUT2D eigenvalue weighted by atomic mass is 10.0. The molecule has 28 heavy (non-hydrogen) atoms. The van der Waals surface area contributed by atoms with Crippen molar-refractivity contribution < 1.29 is 14.1 Å². The average Bonchev–Trinajstić information content (AvgIpc) is 3.02. The van der Waals surface area contributed by atoms with E-state index < -0.39 is 17.2 Å². The first-order chi connectivity index (χ1) is 12.9. The highest BCUT2D eigenvalue weighted by Crippen LogP contribution is 2.21. The second-order valence-corrected chi connectivity index (χ2v) is 9.54. The molecule has 1 aliphatic heterocycles. The Morgan fingerprint density at radius 1 is 1.29 bits per heavy atom. The van der Waals surface area contributed by atoms with Gasteiger partial charge >= 0.3 is 6.09 Å². The fourth-order valence-corrected chi connectivity index (χ4v) is 3.37. The monoisotopic (exact) mass is 395 g/mol. The van der Waals surface area contributed by atoms with Crippen molar-refractivity contribution in [3.05, 3.63) is 11.7 Å². The van der Waals surface area contributed by atoms with Crippen LogP contribution >= 0.6 is 0 Å². The molecule has 0 spiro atoms. The maximum atomic E-state index is 12.1. The number of alkyl carbamates (subject to hydrolysis) is 1. The molecule has 0 atom stereocenters. The van der Waals surface area contributed by atoms with E-state index in [1.807, 2.05) is 34.6 Å². The number of rotatable bonds is 6. The van der Waals surface area contributed by atoms with Gasteiger partial charge in [-0.15, -0.1) is 0 Å². The van der Waals surface area contributed by atoms with Gasteiger partial charge in [0, 0.05) is 12.1 Å². The number of nitrogens with zero attached hydrogens (tertiary/aromatic N) is 4. The van der Waals surface area contributed by atoms with Crippen LogP contribution in [0.1, 0.15) is 73.0 Å². The van der Waals surface area contributed by atoms with Crippen molar-refractivity contribution in [1.82, 2.24) is 25.3 Å². The number of amides is 1. The Kier molecular flexibility index (Phi) is 7.09. The topological polar surface area (TPSA) is 83.7 Å². The average molecular weight is 396 g/mol. The first kappa shape index (κ1) is 22.6. The fourth-order valence-electron chi connectivity index (χ4n) is 3.37. The van der Waals surface area contributed by atoms with E-state index in [1.54, 1.807) is 0 Å². The van der Waals surface area contributed by atoms with Gasteiger partial charge in [0.25, 0.3) is 0 Å². The normalized spacial score (nSPS) is 17.4. The first-order valence-electron chi connectivity index (χ1n) is 10.2. The lowest BCUT2D eigenvalue weighted by molar-refractivity contribution is 0.0465. The van der Waals surface area contributed by atoms with E-state index >= 15 is 0 Å². The maximum Gasteiger partial charge on any atom is 0.408 e. The van der Waals surface area contributed by atoms with Crippen LogP contribution in [0.5, 0.6) is 0 Å². The molecule has 1 aromatic rings. The quantitative estimate of drug-likeness (QED) is 0.792. The zero-order chi connectivity index (χ0) is 21.1. The molecule has 2 rings (SSSR count). The molecular formula is C20H37N5O3. The molecule has 1 amide bonds. The third-order valence-corrected chi connectivity index (χ3v) is 5.08. The van der Waals surface area contributed by atoms with Gasteiger partial charge in [0.2, 0.25) is 5.89 Å². The van der Waals surface area contributed by atoms with Crippen molar-refractivity contribution in [1.29, 1.82) is 0 Å². The summed E-state index contributed by atoms with van der Waals surface area (Å²) in [4.78, 5) is 21.4. The predicted molar refractivity (Wildman–Crippen MR) is 108 cm³/mol. The maximum absolute atomic E-state index is 12.1. The molecule has 0 radical (unpaired) electrons. The van der Waals surface area contributed by atoms with E-state index in [4.69, 9.17) is 9.26 Å². The van der Waals surface area contributed by atoms with Crippen LogP contribution in [0.4, 0.5) is 4.79 Å². The molecule has 1 aliphatic rings. The summed E-state index contributed by atoms with van der Waals surface area (Å²) in [5.41, 5.74) is -1.35. The number of carbonyl (C=O) groups is 1. The minimum atomic E-state index is -0.786. The molecule has 8 nitrogen and oxygen atoms in total. The van der Waals surface area contributed by atoms with Crippen LogP contribution in [0, 0.1) is 0 Å². The fraction of sp³-hybridized carbons (Fsp3) is 0.850. The first-order valence-corrected chi connectivity index (χ1v) is 10.2. The molecule has 0 aromatic carbocycles. The van der Waals surface area contributed by atoms with E-state index in [0.29, 0.717) is 30.3 Å². The van der Waals surface area contributed by atoms with Gasteiger partial charge in [0.15, 0.2) is 5.82 Å². The Balaban J connectivity index is 1.91. The molecule has 0 saturated carbocycles. The van der Waals surface area contributed by atoms with Crippen molar-refractivity contribution >= 4 is 6.09 Å². The minimum Gasteiger partial charge on any atom is -0.444 e. The molecule has 160 valence electrons. The Morgan fingerprint density at radius 3 is 2.43 bits per heavy atom. The third-order valence-electron chi connectivity index (χ3n) is 5.08. The van der Waals surface area contributed by atoms with E-state index in [2.05, 4.69) is 46.2 Å². The van der Waals surface area contributed by atoms with E-state index in [1.165, 1.54) is 0 Å². The van der Waals surface area contributed by atoms with Crippen molar-refractivity contribution in [2.24, 2.45) is 0 Å². The standard InChI is InChI=1S/C20H37N5O3/c1-14(2)25-11-9-15(10-12-25)24(8)13-16-21-17(23-28-16)20(6,7)22-18(26)27-19(3,4)5/h14-15H,9-13H2,1-8H3,(H,22,26). The second kappa shape index (κ2) is 8.78. The van der Waals surface area contributed by atoms with Crippen LogP contribution in [0.2, 0.25) is 0 Å². The number of aromatic nitrogens is 2. The van der Waals surface area contributed by atoms with Crippen molar-refractivity contribution in [2.75, 3.05) is 20.1 Å². The number of hydrogen-bond acceptors (Lipinski definition) is 7. The molecule has 1 saturated heterocycles. The summed E-state index contributed by atoms with van der Waals surface area (Å²) in [6.45, 7) is 16.5. The van der Waals surface area contributed by atoms with Gasteiger partial charge in [0.1, 0.15) is 11.1 Å². The van der Waals surface area contributed by atoms with Gasteiger partial charge in [-0.1, -0.05) is 5.16 Å². The highest BCUT2D eigenvalue weighted by atomic mass is 16.6. The summed E-state index contributed by atoms with van der Waals surface area (Å²) in [6, 6.07) is 1.11. The summed E-state index contributed by atoms with van der Waals surface area (Å²) in [5, 5.41) is 6.89. The zero-order valence-corrected chi connectivity index (χ0v) is 18.7. The minimum absolute atomic E-state index is 0.441. The van der Waals surface area contributed by atoms with Gasteiger partial charge in [-0.2, -0.15) is 4.98 Å². The van der Waals surface area contributed by atoms with E-state index in [9.17, 15) is 4.79 Å². The van der Waals surface area contributed by atoms with Gasteiger partial charge in [-0.05, 0) is 81.4 Å². The highest BCUT2D eigenvalue weighted by molar-refractivity contribution is 5.68. The molecule has 2 heterocycles. The van der Waals surface area contributed by atoms with Crippen molar-refractivity contribution in [3.8, 4) is 0 Å². The number of piperidine rings is 1. The number of ether oxygens (including phenoxy) is 1. The number of hydrogen-bond donors (Lipinski definition) is 1. The summed E-state index contributed by atoms with van der Waals surface area (Å²) in [5.74, 6) is 0.999.